The summed E-state index contributed by atoms with van der Waals surface area (Å²) in [5.41, 5.74) is 3.76. The zero-order valence-corrected chi connectivity index (χ0v) is 18.9. The molecule has 0 saturated heterocycles. The maximum Gasteiger partial charge on any atom is 0.251 e. The SMILES string of the molecule is COc1ccc(CCNC(=O)c2cc(-c3ccccc3Cl)cc(-n3cnnn3)c2)cc1OC. The van der Waals surface area contributed by atoms with Crippen molar-refractivity contribution >= 4 is 17.5 Å². The number of carbonyl (C=O) groups is 1. The molecule has 4 aromatic rings. The van der Waals surface area contributed by atoms with E-state index < -0.39 is 0 Å². The van der Waals surface area contributed by atoms with Gasteiger partial charge in [-0.05, 0) is 64.4 Å². The van der Waals surface area contributed by atoms with Crippen molar-refractivity contribution in [2.75, 3.05) is 20.8 Å². The zero-order valence-electron chi connectivity index (χ0n) is 18.2. The minimum Gasteiger partial charge on any atom is -0.493 e. The third-order valence-corrected chi connectivity index (χ3v) is 5.46. The molecule has 1 N–H and O–H groups in total. The van der Waals surface area contributed by atoms with Crippen LogP contribution in [0.5, 0.6) is 11.5 Å². The average molecular weight is 464 g/mol. The number of hydrogen-bond donors (Lipinski definition) is 1. The molecule has 0 fully saturated rings. The second-order valence-electron chi connectivity index (χ2n) is 7.20. The molecule has 0 unspecified atom stereocenters. The van der Waals surface area contributed by atoms with Crippen LogP contribution in [-0.2, 0) is 6.42 Å². The molecule has 168 valence electrons. The van der Waals surface area contributed by atoms with Crippen molar-refractivity contribution in [1.29, 1.82) is 0 Å². The van der Waals surface area contributed by atoms with Crippen LogP contribution in [-0.4, -0.2) is 46.9 Å². The molecule has 1 amide bonds. The van der Waals surface area contributed by atoms with Gasteiger partial charge in [0.05, 0.1) is 19.9 Å². The summed E-state index contributed by atoms with van der Waals surface area (Å²) < 4.78 is 12.1. The van der Waals surface area contributed by atoms with Gasteiger partial charge < -0.3 is 14.8 Å². The highest BCUT2D eigenvalue weighted by molar-refractivity contribution is 6.33. The van der Waals surface area contributed by atoms with Crippen LogP contribution in [0.3, 0.4) is 0 Å². The number of nitrogens with zero attached hydrogens (tertiary/aromatic N) is 4. The van der Waals surface area contributed by atoms with E-state index in [-0.39, 0.29) is 5.91 Å². The third kappa shape index (κ3) is 5.12. The second kappa shape index (κ2) is 10.1. The number of halogens is 1. The van der Waals surface area contributed by atoms with E-state index >= 15 is 0 Å². The molecule has 33 heavy (non-hydrogen) atoms. The van der Waals surface area contributed by atoms with Gasteiger partial charge in [-0.2, -0.15) is 0 Å². The Labute approximate surface area is 196 Å². The normalized spacial score (nSPS) is 10.6. The molecule has 1 heterocycles. The Morgan fingerprint density at radius 2 is 1.85 bits per heavy atom. The van der Waals surface area contributed by atoms with Gasteiger partial charge in [0.2, 0.25) is 0 Å². The molecule has 0 spiro atoms. The monoisotopic (exact) mass is 463 g/mol. The molecular formula is C24H22ClN5O3. The van der Waals surface area contributed by atoms with Gasteiger partial charge in [0.1, 0.15) is 6.33 Å². The molecule has 0 radical (unpaired) electrons. The van der Waals surface area contributed by atoms with Crippen molar-refractivity contribution in [1.82, 2.24) is 25.5 Å². The van der Waals surface area contributed by atoms with E-state index in [1.807, 2.05) is 48.5 Å². The molecule has 0 aliphatic carbocycles. The second-order valence-corrected chi connectivity index (χ2v) is 7.61. The third-order valence-electron chi connectivity index (χ3n) is 5.13. The Hall–Kier alpha value is -3.91. The van der Waals surface area contributed by atoms with E-state index in [0.717, 1.165) is 16.7 Å². The highest BCUT2D eigenvalue weighted by atomic mass is 35.5. The Balaban J connectivity index is 1.55. The van der Waals surface area contributed by atoms with E-state index in [0.29, 0.717) is 40.7 Å². The topological polar surface area (TPSA) is 91.2 Å². The first-order valence-corrected chi connectivity index (χ1v) is 10.6. The fourth-order valence-electron chi connectivity index (χ4n) is 3.46. The number of rotatable bonds is 8. The number of methoxy groups -OCH3 is 2. The fourth-order valence-corrected chi connectivity index (χ4v) is 3.71. The number of benzene rings is 3. The first-order valence-electron chi connectivity index (χ1n) is 10.2. The predicted octanol–water partition coefficient (Wildman–Crippen LogP) is 3.97. The van der Waals surface area contributed by atoms with Gasteiger partial charge >= 0.3 is 0 Å². The summed E-state index contributed by atoms with van der Waals surface area (Å²) in [6.07, 6.45) is 2.11. The smallest absolute Gasteiger partial charge is 0.251 e. The molecule has 0 saturated carbocycles. The molecule has 0 atom stereocenters. The molecule has 3 aromatic carbocycles. The zero-order chi connectivity index (χ0) is 23.2. The first-order chi connectivity index (χ1) is 16.1. The summed E-state index contributed by atoms with van der Waals surface area (Å²) in [5, 5.41) is 14.9. The number of nitrogens with one attached hydrogen (secondary N) is 1. The standard InChI is InChI=1S/C24H22ClN5O3/c1-32-22-8-7-16(11-23(22)33-2)9-10-26-24(31)18-12-17(20-5-3-4-6-21(20)25)13-19(14-18)30-15-27-28-29-30/h3-8,11-15H,9-10H2,1-2H3,(H,26,31). The van der Waals surface area contributed by atoms with Gasteiger partial charge in [-0.1, -0.05) is 35.9 Å². The lowest BCUT2D eigenvalue weighted by molar-refractivity contribution is 0.0954. The first kappa shape index (κ1) is 22.3. The Bertz CT molecular complexity index is 1260. The van der Waals surface area contributed by atoms with Crippen molar-refractivity contribution < 1.29 is 14.3 Å². The molecule has 0 aliphatic rings. The number of ether oxygens (including phenoxy) is 2. The number of hydrogen-bond acceptors (Lipinski definition) is 6. The predicted molar refractivity (Wildman–Crippen MR) is 125 cm³/mol. The van der Waals surface area contributed by atoms with Crippen LogP contribution >= 0.6 is 11.6 Å². The lowest BCUT2D eigenvalue weighted by atomic mass is 10.0. The lowest BCUT2D eigenvalue weighted by Gasteiger charge is -2.12. The van der Waals surface area contributed by atoms with Crippen LogP contribution in [0.25, 0.3) is 16.8 Å². The number of aromatic nitrogens is 4. The lowest BCUT2D eigenvalue weighted by Crippen LogP contribution is -2.26. The average Bonchev–Trinajstić information content (AvgIpc) is 3.39. The molecule has 8 nitrogen and oxygen atoms in total. The molecule has 1 aromatic heterocycles. The molecule has 0 aliphatic heterocycles. The molecule has 9 heteroatoms. The van der Waals surface area contributed by atoms with Crippen LogP contribution < -0.4 is 14.8 Å². The van der Waals surface area contributed by atoms with E-state index in [4.69, 9.17) is 21.1 Å². The van der Waals surface area contributed by atoms with Crippen molar-refractivity contribution in [3.63, 3.8) is 0 Å². The minimum absolute atomic E-state index is 0.210. The van der Waals surface area contributed by atoms with E-state index in [2.05, 4.69) is 20.8 Å². The van der Waals surface area contributed by atoms with Crippen LogP contribution in [0.2, 0.25) is 5.02 Å². The van der Waals surface area contributed by atoms with Crippen molar-refractivity contribution in [2.45, 2.75) is 6.42 Å². The van der Waals surface area contributed by atoms with Crippen LogP contribution in [0.1, 0.15) is 15.9 Å². The van der Waals surface area contributed by atoms with Gasteiger partial charge in [0, 0.05) is 22.7 Å². The molecule has 0 bridgehead atoms. The summed E-state index contributed by atoms with van der Waals surface area (Å²) >= 11 is 6.40. The maximum absolute atomic E-state index is 13.0. The Kier molecular flexibility index (Phi) is 6.85. The van der Waals surface area contributed by atoms with Gasteiger partial charge in [0.15, 0.2) is 11.5 Å². The summed E-state index contributed by atoms with van der Waals surface area (Å²) in [7, 11) is 3.19. The minimum atomic E-state index is -0.210. The maximum atomic E-state index is 13.0. The van der Waals surface area contributed by atoms with Crippen LogP contribution in [0.15, 0.2) is 67.0 Å². The summed E-state index contributed by atoms with van der Waals surface area (Å²) in [6, 6.07) is 18.6. The molecular weight excluding hydrogens is 442 g/mol. The van der Waals surface area contributed by atoms with E-state index in [1.165, 1.54) is 11.0 Å². The summed E-state index contributed by atoms with van der Waals surface area (Å²) in [4.78, 5) is 13.0. The highest BCUT2D eigenvalue weighted by Gasteiger charge is 2.13. The van der Waals surface area contributed by atoms with Crippen LogP contribution in [0.4, 0.5) is 0 Å². The van der Waals surface area contributed by atoms with E-state index in [9.17, 15) is 4.79 Å². The summed E-state index contributed by atoms with van der Waals surface area (Å²) in [6.45, 7) is 0.449. The number of amides is 1. The summed E-state index contributed by atoms with van der Waals surface area (Å²) in [5.74, 6) is 1.11. The van der Waals surface area contributed by atoms with Crippen molar-refractivity contribution in [2.24, 2.45) is 0 Å². The highest BCUT2D eigenvalue weighted by Crippen LogP contribution is 2.30. The van der Waals surface area contributed by atoms with Crippen molar-refractivity contribution in [3.05, 3.63) is 83.1 Å². The molecule has 4 rings (SSSR count). The largest absolute Gasteiger partial charge is 0.493 e. The van der Waals surface area contributed by atoms with Gasteiger partial charge in [-0.3, -0.25) is 4.79 Å². The van der Waals surface area contributed by atoms with Gasteiger partial charge in [-0.15, -0.1) is 5.10 Å². The van der Waals surface area contributed by atoms with Gasteiger partial charge in [0.25, 0.3) is 5.91 Å². The quantitative estimate of drug-likeness (QED) is 0.425. The number of tetrazole rings is 1. The van der Waals surface area contributed by atoms with Crippen molar-refractivity contribution in [3.8, 4) is 28.3 Å². The fraction of sp³-hybridized carbons (Fsp3) is 0.167. The Morgan fingerprint density at radius 3 is 2.58 bits per heavy atom. The van der Waals surface area contributed by atoms with E-state index in [1.54, 1.807) is 26.4 Å². The number of carbonyl (C=O) groups excluding carboxylic acids is 1. The Morgan fingerprint density at radius 1 is 1.03 bits per heavy atom. The van der Waals surface area contributed by atoms with Crippen LogP contribution in [0, 0.1) is 0 Å². The van der Waals surface area contributed by atoms with Gasteiger partial charge in [-0.25, -0.2) is 4.68 Å².